The normalized spacial score (nSPS) is 20.1. The molecule has 3 rings (SSSR count). The summed E-state index contributed by atoms with van der Waals surface area (Å²) < 4.78 is 27.8. The van der Waals surface area contributed by atoms with Gasteiger partial charge in [-0.3, -0.25) is 10.2 Å². The van der Waals surface area contributed by atoms with Crippen LogP contribution in [0.25, 0.3) is 0 Å². The van der Waals surface area contributed by atoms with Crippen molar-refractivity contribution in [1.82, 2.24) is 14.7 Å². The average molecular weight is 383 g/mol. The first-order valence-electron chi connectivity index (χ1n) is 9.32. The third-order valence-corrected chi connectivity index (χ3v) is 6.89. The SMILES string of the molecule is CCC(=O)NN1CCN(c2cc[nH+]cc2S(=O)(=O)N2CCCCC2)CC1. The molecule has 0 spiro atoms. The highest BCUT2D eigenvalue weighted by Gasteiger charge is 2.32. The van der Waals surface area contributed by atoms with Crippen LogP contribution in [-0.2, 0) is 14.8 Å². The minimum absolute atomic E-state index is 0.00104. The number of sulfonamides is 1. The second-order valence-electron chi connectivity index (χ2n) is 6.72. The van der Waals surface area contributed by atoms with Crippen LogP contribution in [0.1, 0.15) is 32.6 Å². The number of hydrogen-bond acceptors (Lipinski definition) is 5. The van der Waals surface area contributed by atoms with Crippen molar-refractivity contribution in [1.29, 1.82) is 0 Å². The summed E-state index contributed by atoms with van der Waals surface area (Å²) in [5.41, 5.74) is 3.60. The van der Waals surface area contributed by atoms with Crippen molar-refractivity contribution < 1.29 is 18.2 Å². The predicted octanol–water partition coefficient (Wildman–Crippen LogP) is 0.239. The molecule has 2 aliphatic heterocycles. The van der Waals surface area contributed by atoms with Gasteiger partial charge in [0.25, 0.3) is 10.0 Å². The third-order valence-electron chi connectivity index (χ3n) is 4.96. The monoisotopic (exact) mass is 382 g/mol. The molecule has 1 aromatic rings. The summed E-state index contributed by atoms with van der Waals surface area (Å²) in [4.78, 5) is 16.9. The number of piperazine rings is 1. The Balaban J connectivity index is 1.75. The largest absolute Gasteiger partial charge is 0.367 e. The van der Waals surface area contributed by atoms with Gasteiger partial charge in [0.15, 0.2) is 17.3 Å². The Kier molecular flexibility index (Phi) is 6.10. The first-order valence-corrected chi connectivity index (χ1v) is 10.8. The van der Waals surface area contributed by atoms with Gasteiger partial charge in [-0.1, -0.05) is 13.3 Å². The maximum Gasteiger partial charge on any atom is 0.251 e. The maximum absolute atomic E-state index is 13.1. The molecule has 0 aromatic carbocycles. The van der Waals surface area contributed by atoms with Crippen molar-refractivity contribution >= 4 is 21.6 Å². The fraction of sp³-hybridized carbons (Fsp3) is 0.647. The first kappa shape index (κ1) is 19.1. The van der Waals surface area contributed by atoms with E-state index in [1.54, 1.807) is 16.7 Å². The summed E-state index contributed by atoms with van der Waals surface area (Å²) >= 11 is 0. The van der Waals surface area contributed by atoms with Crippen molar-refractivity contribution in [3.63, 3.8) is 0 Å². The van der Waals surface area contributed by atoms with Crippen molar-refractivity contribution in [2.24, 2.45) is 0 Å². The van der Waals surface area contributed by atoms with E-state index >= 15 is 0 Å². The summed E-state index contributed by atoms with van der Waals surface area (Å²) in [6.45, 7) is 5.65. The van der Waals surface area contributed by atoms with E-state index < -0.39 is 10.0 Å². The molecule has 0 saturated carbocycles. The molecule has 2 N–H and O–H groups in total. The van der Waals surface area contributed by atoms with Crippen LogP contribution in [-0.4, -0.2) is 62.9 Å². The summed E-state index contributed by atoms with van der Waals surface area (Å²) in [7, 11) is -3.50. The van der Waals surface area contributed by atoms with Crippen LogP contribution >= 0.6 is 0 Å². The molecule has 2 aliphatic rings. The maximum atomic E-state index is 13.1. The molecule has 2 fully saturated rings. The summed E-state index contributed by atoms with van der Waals surface area (Å²) in [5.74, 6) is 0.00104. The number of pyridine rings is 1. The lowest BCUT2D eigenvalue weighted by atomic mass is 10.2. The lowest BCUT2D eigenvalue weighted by molar-refractivity contribution is -0.380. The van der Waals surface area contributed by atoms with Gasteiger partial charge in [0.2, 0.25) is 5.91 Å². The number of nitrogens with one attached hydrogen (secondary N) is 2. The molecule has 0 bridgehead atoms. The molecule has 0 radical (unpaired) electrons. The average Bonchev–Trinajstić information content (AvgIpc) is 2.69. The topological polar surface area (TPSA) is 87.1 Å². The number of carbonyl (C=O) groups excluding carboxylic acids is 1. The molecule has 2 saturated heterocycles. The van der Waals surface area contributed by atoms with Crippen LogP contribution in [0, 0.1) is 0 Å². The Bertz CT molecular complexity index is 726. The highest BCUT2D eigenvalue weighted by atomic mass is 32.2. The van der Waals surface area contributed by atoms with Gasteiger partial charge in [-0.2, -0.15) is 4.31 Å². The van der Waals surface area contributed by atoms with Gasteiger partial charge in [-0.15, -0.1) is 0 Å². The number of hydrogen-bond donors (Lipinski definition) is 1. The number of anilines is 1. The first-order chi connectivity index (χ1) is 12.5. The Morgan fingerprint density at radius 1 is 1.12 bits per heavy atom. The number of H-pyrrole nitrogens is 1. The number of aromatic nitrogens is 1. The number of hydrazine groups is 1. The predicted molar refractivity (Wildman–Crippen MR) is 97.8 cm³/mol. The standard InChI is InChI=1S/C17H27N5O3S/c1-2-17(23)19-21-12-10-20(11-13-21)15-6-7-18-14-16(15)26(24,25)22-8-4-3-5-9-22/h6-7,14H,2-5,8-13H2,1H3,(H,19,23)/p+1. The molecule has 3 heterocycles. The third kappa shape index (κ3) is 4.16. The minimum atomic E-state index is -3.50. The number of carbonyl (C=O) groups is 1. The zero-order chi connectivity index (χ0) is 18.6. The lowest BCUT2D eigenvalue weighted by Crippen LogP contribution is -2.53. The van der Waals surface area contributed by atoms with Crippen molar-refractivity contribution in [3.05, 3.63) is 18.5 Å². The summed E-state index contributed by atoms with van der Waals surface area (Å²) in [5, 5.41) is 1.90. The number of piperidine rings is 1. The van der Waals surface area contributed by atoms with Crippen molar-refractivity contribution in [2.75, 3.05) is 44.2 Å². The van der Waals surface area contributed by atoms with Crippen molar-refractivity contribution in [3.8, 4) is 0 Å². The minimum Gasteiger partial charge on any atom is -0.367 e. The molecule has 1 amide bonds. The second-order valence-corrected chi connectivity index (χ2v) is 8.63. The van der Waals surface area contributed by atoms with Crippen LogP contribution < -0.4 is 15.3 Å². The van der Waals surface area contributed by atoms with E-state index in [9.17, 15) is 13.2 Å². The van der Waals surface area contributed by atoms with E-state index in [1.807, 2.05) is 18.0 Å². The smallest absolute Gasteiger partial charge is 0.251 e. The van der Waals surface area contributed by atoms with Crippen LogP contribution in [0.2, 0.25) is 0 Å². The molecule has 26 heavy (non-hydrogen) atoms. The fourth-order valence-electron chi connectivity index (χ4n) is 3.43. The van der Waals surface area contributed by atoms with Gasteiger partial charge in [-0.25, -0.2) is 18.4 Å². The van der Waals surface area contributed by atoms with Gasteiger partial charge in [-0.05, 0) is 12.8 Å². The van der Waals surface area contributed by atoms with E-state index in [0.29, 0.717) is 50.6 Å². The van der Waals surface area contributed by atoms with Crippen LogP contribution in [0.5, 0.6) is 0 Å². The molecule has 0 atom stereocenters. The van der Waals surface area contributed by atoms with Crippen molar-refractivity contribution in [2.45, 2.75) is 37.5 Å². The molecule has 1 aromatic heterocycles. The summed E-state index contributed by atoms with van der Waals surface area (Å²) in [6.07, 6.45) is 6.72. The van der Waals surface area contributed by atoms with Gasteiger partial charge < -0.3 is 4.90 Å². The van der Waals surface area contributed by atoms with Crippen LogP contribution in [0.3, 0.4) is 0 Å². The lowest BCUT2D eigenvalue weighted by Gasteiger charge is -2.36. The molecule has 9 heteroatoms. The molecule has 0 unspecified atom stereocenters. The fourth-order valence-corrected chi connectivity index (χ4v) is 5.13. The number of nitrogens with zero attached hydrogens (tertiary/aromatic N) is 3. The van der Waals surface area contributed by atoms with Gasteiger partial charge in [0.1, 0.15) is 0 Å². The number of rotatable bonds is 5. The Morgan fingerprint density at radius 2 is 1.81 bits per heavy atom. The molecule has 0 aliphatic carbocycles. The van der Waals surface area contributed by atoms with E-state index in [0.717, 1.165) is 24.9 Å². The Hall–Kier alpha value is -1.71. The van der Waals surface area contributed by atoms with E-state index in [2.05, 4.69) is 15.3 Å². The zero-order valence-electron chi connectivity index (χ0n) is 15.3. The second kappa shape index (κ2) is 8.32. The number of aromatic amines is 1. The summed E-state index contributed by atoms with van der Waals surface area (Å²) in [6, 6.07) is 1.83. The van der Waals surface area contributed by atoms with E-state index in [1.165, 1.54) is 0 Å². The van der Waals surface area contributed by atoms with E-state index in [-0.39, 0.29) is 5.91 Å². The molecule has 144 valence electrons. The van der Waals surface area contributed by atoms with Gasteiger partial charge in [0.05, 0.1) is 5.69 Å². The highest BCUT2D eigenvalue weighted by molar-refractivity contribution is 7.89. The van der Waals surface area contributed by atoms with Crippen LogP contribution in [0.4, 0.5) is 5.69 Å². The zero-order valence-corrected chi connectivity index (χ0v) is 16.1. The van der Waals surface area contributed by atoms with Crippen LogP contribution in [0.15, 0.2) is 23.4 Å². The number of amides is 1. The van der Waals surface area contributed by atoms with Gasteiger partial charge in [0, 0.05) is 51.8 Å². The molecular formula is C17H28N5O3S+. The Labute approximate surface area is 155 Å². The molecular weight excluding hydrogens is 354 g/mol. The Morgan fingerprint density at radius 3 is 2.46 bits per heavy atom. The quantitative estimate of drug-likeness (QED) is 0.788. The van der Waals surface area contributed by atoms with E-state index in [4.69, 9.17) is 0 Å². The van der Waals surface area contributed by atoms with Gasteiger partial charge >= 0.3 is 0 Å². The highest BCUT2D eigenvalue weighted by Crippen LogP contribution is 2.28. The molecule has 8 nitrogen and oxygen atoms in total.